The van der Waals surface area contributed by atoms with E-state index in [1.54, 1.807) is 6.07 Å². The Morgan fingerprint density at radius 1 is 1.12 bits per heavy atom. The molecule has 34 heavy (non-hydrogen) atoms. The summed E-state index contributed by atoms with van der Waals surface area (Å²) in [6.07, 6.45) is -0.0181. The zero-order chi connectivity index (χ0) is 23.7. The first-order valence-corrected chi connectivity index (χ1v) is 11.2. The molecule has 0 spiro atoms. The van der Waals surface area contributed by atoms with Crippen molar-refractivity contribution in [2.24, 2.45) is 0 Å². The van der Waals surface area contributed by atoms with Crippen molar-refractivity contribution in [3.63, 3.8) is 0 Å². The third-order valence-corrected chi connectivity index (χ3v) is 5.87. The van der Waals surface area contributed by atoms with Crippen LogP contribution < -0.4 is 19.7 Å². The Bertz CT molecular complexity index is 1260. The molecular formula is C25H25N5O4. The van der Waals surface area contributed by atoms with Gasteiger partial charge in [0.1, 0.15) is 5.69 Å². The summed E-state index contributed by atoms with van der Waals surface area (Å²) in [6.45, 7) is 5.62. The lowest BCUT2D eigenvalue weighted by Gasteiger charge is -2.37. The molecule has 9 heteroatoms. The number of carbonyl (C=O) groups is 1. The number of ether oxygens (including phenoxy) is 3. The second kappa shape index (κ2) is 9.15. The number of fused-ring (bicyclic) bond motifs is 2. The van der Waals surface area contributed by atoms with Crippen molar-refractivity contribution < 1.29 is 19.0 Å². The van der Waals surface area contributed by atoms with Gasteiger partial charge in [-0.25, -0.2) is 9.97 Å². The van der Waals surface area contributed by atoms with E-state index in [0.717, 1.165) is 5.56 Å². The Labute approximate surface area is 197 Å². The highest BCUT2D eigenvalue weighted by Crippen LogP contribution is 2.33. The van der Waals surface area contributed by atoms with Gasteiger partial charge in [-0.1, -0.05) is 18.2 Å². The molecule has 3 heterocycles. The van der Waals surface area contributed by atoms with Gasteiger partial charge in [-0.05, 0) is 43.7 Å². The van der Waals surface area contributed by atoms with Crippen LogP contribution in [-0.4, -0.2) is 48.0 Å². The fourth-order valence-corrected chi connectivity index (χ4v) is 4.37. The number of amides is 1. The molecule has 0 aliphatic carbocycles. The van der Waals surface area contributed by atoms with Crippen LogP contribution in [0.2, 0.25) is 0 Å². The summed E-state index contributed by atoms with van der Waals surface area (Å²) in [4.78, 5) is 24.8. The number of nitrogens with one attached hydrogen (secondary N) is 1. The minimum absolute atomic E-state index is 0.00904. The van der Waals surface area contributed by atoms with Crippen LogP contribution in [0.1, 0.15) is 31.0 Å². The molecule has 1 aromatic heterocycles. The van der Waals surface area contributed by atoms with Crippen molar-refractivity contribution in [1.29, 1.82) is 5.26 Å². The number of nitriles is 1. The third-order valence-electron chi connectivity index (χ3n) is 5.87. The number of anilines is 1. The van der Waals surface area contributed by atoms with Crippen molar-refractivity contribution in [2.45, 2.75) is 38.5 Å². The minimum atomic E-state index is -1.12. The molecule has 3 atom stereocenters. The van der Waals surface area contributed by atoms with Crippen molar-refractivity contribution in [3.8, 4) is 17.6 Å². The predicted octanol–water partition coefficient (Wildman–Crippen LogP) is 2.90. The van der Waals surface area contributed by atoms with E-state index in [0.29, 0.717) is 47.1 Å². The number of para-hydroxylation sites is 2. The first-order valence-electron chi connectivity index (χ1n) is 11.2. The van der Waals surface area contributed by atoms with Crippen molar-refractivity contribution >= 4 is 22.8 Å². The SMILES string of the molecule is C[C@@H]1CN(c2nc3ccccc3nc2[C@@H](C#N)C(=O)NCc2ccc3c(c2)OCO3)C[C@H](C)O1. The van der Waals surface area contributed by atoms with Crippen molar-refractivity contribution in [3.05, 3.63) is 53.7 Å². The van der Waals surface area contributed by atoms with E-state index in [-0.39, 0.29) is 25.5 Å². The van der Waals surface area contributed by atoms with E-state index >= 15 is 0 Å². The van der Waals surface area contributed by atoms with E-state index in [2.05, 4.69) is 16.3 Å². The number of hydrogen-bond donors (Lipinski definition) is 1. The molecule has 174 valence electrons. The molecule has 0 unspecified atom stereocenters. The maximum atomic E-state index is 13.2. The monoisotopic (exact) mass is 459 g/mol. The predicted molar refractivity (Wildman–Crippen MR) is 125 cm³/mol. The maximum absolute atomic E-state index is 13.2. The molecule has 2 aliphatic rings. The van der Waals surface area contributed by atoms with Gasteiger partial charge in [0.2, 0.25) is 12.7 Å². The number of carbonyl (C=O) groups excluding carboxylic acids is 1. The summed E-state index contributed by atoms with van der Waals surface area (Å²) in [5, 5.41) is 12.9. The Morgan fingerprint density at radius 3 is 2.56 bits per heavy atom. The summed E-state index contributed by atoms with van der Waals surface area (Å²) < 4.78 is 16.6. The van der Waals surface area contributed by atoms with Crippen LogP contribution in [0.5, 0.6) is 11.5 Å². The number of benzene rings is 2. The number of aromatic nitrogens is 2. The van der Waals surface area contributed by atoms with Crippen LogP contribution in [0, 0.1) is 11.3 Å². The Kier molecular flexibility index (Phi) is 5.90. The second-order valence-electron chi connectivity index (χ2n) is 8.55. The molecule has 0 radical (unpaired) electrons. The number of morpholine rings is 1. The Morgan fingerprint density at radius 2 is 1.82 bits per heavy atom. The first-order chi connectivity index (χ1) is 16.5. The van der Waals surface area contributed by atoms with Gasteiger partial charge in [-0.15, -0.1) is 0 Å². The lowest BCUT2D eigenvalue weighted by Crippen LogP contribution is -2.46. The summed E-state index contributed by atoms with van der Waals surface area (Å²) >= 11 is 0. The van der Waals surface area contributed by atoms with Gasteiger partial charge in [-0.3, -0.25) is 4.79 Å². The number of nitrogens with zero attached hydrogens (tertiary/aromatic N) is 4. The van der Waals surface area contributed by atoms with Crippen LogP contribution in [0.3, 0.4) is 0 Å². The fourth-order valence-electron chi connectivity index (χ4n) is 4.37. The Balaban J connectivity index is 1.44. The molecule has 1 fully saturated rings. The van der Waals surface area contributed by atoms with E-state index in [1.807, 2.05) is 50.2 Å². The van der Waals surface area contributed by atoms with E-state index in [1.165, 1.54) is 0 Å². The molecule has 0 bridgehead atoms. The number of rotatable bonds is 5. The van der Waals surface area contributed by atoms with Gasteiger partial charge in [0.05, 0.1) is 29.3 Å². The van der Waals surface area contributed by atoms with Gasteiger partial charge >= 0.3 is 0 Å². The first kappa shape index (κ1) is 21.9. The molecule has 1 saturated heterocycles. The molecule has 0 saturated carbocycles. The molecule has 9 nitrogen and oxygen atoms in total. The molecule has 2 aliphatic heterocycles. The second-order valence-corrected chi connectivity index (χ2v) is 8.55. The molecule has 5 rings (SSSR count). The highest BCUT2D eigenvalue weighted by Gasteiger charge is 2.32. The smallest absolute Gasteiger partial charge is 0.243 e. The zero-order valence-electron chi connectivity index (χ0n) is 19.0. The average Bonchev–Trinajstić information content (AvgIpc) is 3.30. The topological polar surface area (TPSA) is 110 Å². The van der Waals surface area contributed by atoms with E-state index < -0.39 is 11.8 Å². The lowest BCUT2D eigenvalue weighted by atomic mass is 10.0. The quantitative estimate of drug-likeness (QED) is 0.620. The molecule has 3 aromatic rings. The van der Waals surface area contributed by atoms with Gasteiger partial charge in [-0.2, -0.15) is 5.26 Å². The lowest BCUT2D eigenvalue weighted by molar-refractivity contribution is -0.121. The largest absolute Gasteiger partial charge is 0.454 e. The summed E-state index contributed by atoms with van der Waals surface area (Å²) in [7, 11) is 0. The summed E-state index contributed by atoms with van der Waals surface area (Å²) in [5.41, 5.74) is 2.55. The highest BCUT2D eigenvalue weighted by atomic mass is 16.7. The average molecular weight is 460 g/mol. The van der Waals surface area contributed by atoms with E-state index in [4.69, 9.17) is 24.2 Å². The zero-order valence-corrected chi connectivity index (χ0v) is 19.0. The van der Waals surface area contributed by atoms with E-state index in [9.17, 15) is 10.1 Å². The van der Waals surface area contributed by atoms with Gasteiger partial charge in [0.15, 0.2) is 23.2 Å². The Hall–Kier alpha value is -3.90. The van der Waals surface area contributed by atoms with Gasteiger partial charge < -0.3 is 24.4 Å². The van der Waals surface area contributed by atoms with Crippen LogP contribution in [0.25, 0.3) is 11.0 Å². The molecule has 1 amide bonds. The number of hydrogen-bond acceptors (Lipinski definition) is 8. The minimum Gasteiger partial charge on any atom is -0.454 e. The highest BCUT2D eigenvalue weighted by molar-refractivity contribution is 5.88. The van der Waals surface area contributed by atoms with Crippen molar-refractivity contribution in [2.75, 3.05) is 24.8 Å². The maximum Gasteiger partial charge on any atom is 0.243 e. The normalized spacial score (nSPS) is 20.1. The summed E-state index contributed by atoms with van der Waals surface area (Å²) in [5.74, 6) is 0.317. The van der Waals surface area contributed by atoms with Crippen LogP contribution in [0.4, 0.5) is 5.82 Å². The van der Waals surface area contributed by atoms with Crippen LogP contribution in [0.15, 0.2) is 42.5 Å². The molecule has 2 aromatic carbocycles. The fraction of sp³-hybridized carbons (Fsp3) is 0.360. The summed E-state index contributed by atoms with van der Waals surface area (Å²) in [6, 6.07) is 15.1. The van der Waals surface area contributed by atoms with Gasteiger partial charge in [0, 0.05) is 19.6 Å². The molecule has 1 N–H and O–H groups in total. The van der Waals surface area contributed by atoms with Crippen LogP contribution >= 0.6 is 0 Å². The third kappa shape index (κ3) is 4.32. The molecular weight excluding hydrogens is 434 g/mol. The van der Waals surface area contributed by atoms with Gasteiger partial charge in [0.25, 0.3) is 0 Å². The van der Waals surface area contributed by atoms with Crippen molar-refractivity contribution in [1.82, 2.24) is 15.3 Å². The van der Waals surface area contributed by atoms with Crippen LogP contribution in [-0.2, 0) is 16.1 Å². The standard InChI is InChI=1S/C25H25N5O4/c1-15-12-30(13-16(2)34-15)24-23(28-19-5-3-4-6-20(19)29-24)18(10-26)25(31)27-11-17-7-8-21-22(9-17)33-14-32-21/h3-9,15-16,18H,11-14H2,1-2H3,(H,27,31)/t15-,16+,18-/m1/s1.